The van der Waals surface area contributed by atoms with Crippen LogP contribution in [0.5, 0.6) is 0 Å². The van der Waals surface area contributed by atoms with E-state index in [1.54, 1.807) is 0 Å². The summed E-state index contributed by atoms with van der Waals surface area (Å²) in [5.74, 6) is 0.118. The van der Waals surface area contributed by atoms with Gasteiger partial charge in [0, 0.05) is 13.2 Å². The SMILES string of the molecule is CCCNS(=O)(=O)CC1CCCO1. The van der Waals surface area contributed by atoms with Gasteiger partial charge in [-0.3, -0.25) is 0 Å². The molecule has 0 aromatic carbocycles. The molecule has 0 aromatic heterocycles. The molecule has 0 amide bonds. The van der Waals surface area contributed by atoms with Crippen LogP contribution in [0.15, 0.2) is 0 Å². The summed E-state index contributed by atoms with van der Waals surface area (Å²) in [6.45, 7) is 3.16. The largest absolute Gasteiger partial charge is 0.377 e. The number of rotatable bonds is 5. The predicted molar refractivity (Wildman–Crippen MR) is 51.1 cm³/mol. The van der Waals surface area contributed by atoms with Gasteiger partial charge in [0.15, 0.2) is 0 Å². The monoisotopic (exact) mass is 207 g/mol. The van der Waals surface area contributed by atoms with Crippen LogP contribution in [0.4, 0.5) is 0 Å². The van der Waals surface area contributed by atoms with Gasteiger partial charge in [0.2, 0.25) is 10.0 Å². The van der Waals surface area contributed by atoms with Crippen molar-refractivity contribution in [1.82, 2.24) is 4.72 Å². The fourth-order valence-electron chi connectivity index (χ4n) is 1.34. The molecule has 1 unspecified atom stereocenters. The quantitative estimate of drug-likeness (QED) is 0.714. The summed E-state index contributed by atoms with van der Waals surface area (Å²) in [7, 11) is -3.10. The summed E-state index contributed by atoms with van der Waals surface area (Å²) >= 11 is 0. The molecule has 0 aliphatic carbocycles. The van der Waals surface area contributed by atoms with Crippen molar-refractivity contribution in [3.63, 3.8) is 0 Å². The molecule has 5 heteroatoms. The average molecular weight is 207 g/mol. The zero-order valence-corrected chi connectivity index (χ0v) is 8.77. The summed E-state index contributed by atoms with van der Waals surface area (Å²) in [5, 5.41) is 0. The van der Waals surface area contributed by atoms with Gasteiger partial charge in [-0.25, -0.2) is 13.1 Å². The minimum absolute atomic E-state index is 0.0886. The summed E-state index contributed by atoms with van der Waals surface area (Å²) in [6, 6.07) is 0. The van der Waals surface area contributed by atoms with Gasteiger partial charge >= 0.3 is 0 Å². The van der Waals surface area contributed by atoms with Gasteiger partial charge in [0.1, 0.15) is 0 Å². The van der Waals surface area contributed by atoms with Crippen molar-refractivity contribution in [3.05, 3.63) is 0 Å². The van der Waals surface area contributed by atoms with Gasteiger partial charge in [0.25, 0.3) is 0 Å². The van der Waals surface area contributed by atoms with Crippen LogP contribution in [0.25, 0.3) is 0 Å². The third-order valence-electron chi connectivity index (χ3n) is 2.00. The van der Waals surface area contributed by atoms with Crippen molar-refractivity contribution in [3.8, 4) is 0 Å². The lowest BCUT2D eigenvalue weighted by atomic mass is 10.3. The second-order valence-corrected chi connectivity index (χ2v) is 5.16. The van der Waals surface area contributed by atoms with Crippen LogP contribution in [-0.2, 0) is 14.8 Å². The molecule has 1 aliphatic rings. The number of hydrogen-bond acceptors (Lipinski definition) is 3. The Morgan fingerprint density at radius 3 is 2.85 bits per heavy atom. The average Bonchev–Trinajstić information content (AvgIpc) is 2.52. The molecule has 13 heavy (non-hydrogen) atoms. The molecule has 1 saturated heterocycles. The molecule has 1 atom stereocenters. The second kappa shape index (κ2) is 4.93. The molecule has 4 nitrogen and oxygen atoms in total. The zero-order chi connectivity index (χ0) is 9.73. The van der Waals surface area contributed by atoms with E-state index in [0.717, 1.165) is 19.3 Å². The third-order valence-corrected chi connectivity index (χ3v) is 3.46. The number of hydrogen-bond donors (Lipinski definition) is 1. The van der Waals surface area contributed by atoms with Gasteiger partial charge in [-0.15, -0.1) is 0 Å². The van der Waals surface area contributed by atoms with Crippen LogP contribution in [-0.4, -0.2) is 33.4 Å². The maximum absolute atomic E-state index is 11.4. The first-order chi connectivity index (χ1) is 6.14. The highest BCUT2D eigenvalue weighted by Crippen LogP contribution is 2.13. The summed E-state index contributed by atoms with van der Waals surface area (Å²) < 4.78 is 30.5. The number of ether oxygens (including phenoxy) is 1. The molecule has 0 spiro atoms. The Morgan fingerprint density at radius 1 is 1.54 bits per heavy atom. The third kappa shape index (κ3) is 4.06. The molecule has 78 valence electrons. The minimum atomic E-state index is -3.10. The molecule has 1 aliphatic heterocycles. The molecular weight excluding hydrogens is 190 g/mol. The Hall–Kier alpha value is -0.130. The van der Waals surface area contributed by atoms with Crippen molar-refractivity contribution < 1.29 is 13.2 Å². The number of nitrogens with one attached hydrogen (secondary N) is 1. The van der Waals surface area contributed by atoms with E-state index >= 15 is 0 Å². The maximum atomic E-state index is 11.4. The highest BCUT2D eigenvalue weighted by Gasteiger charge is 2.22. The topological polar surface area (TPSA) is 55.4 Å². The standard InChI is InChI=1S/C8H17NO3S/c1-2-5-9-13(10,11)7-8-4-3-6-12-8/h8-9H,2-7H2,1H3. The number of sulfonamides is 1. The van der Waals surface area contributed by atoms with Crippen LogP contribution < -0.4 is 4.72 Å². The van der Waals surface area contributed by atoms with E-state index in [-0.39, 0.29) is 11.9 Å². The van der Waals surface area contributed by atoms with Gasteiger partial charge in [-0.05, 0) is 19.3 Å². The van der Waals surface area contributed by atoms with Crippen LogP contribution in [0.1, 0.15) is 26.2 Å². The molecule has 0 radical (unpaired) electrons. The van der Waals surface area contributed by atoms with Gasteiger partial charge in [-0.2, -0.15) is 0 Å². The Kier molecular flexibility index (Phi) is 4.15. The lowest BCUT2D eigenvalue weighted by Crippen LogP contribution is -2.32. The van der Waals surface area contributed by atoms with Crippen LogP contribution in [0.3, 0.4) is 0 Å². The molecule has 1 rings (SSSR count). The minimum Gasteiger partial charge on any atom is -0.377 e. The molecule has 0 bridgehead atoms. The van der Waals surface area contributed by atoms with Crippen molar-refractivity contribution >= 4 is 10.0 Å². The van der Waals surface area contributed by atoms with E-state index in [4.69, 9.17) is 4.74 Å². The Labute approximate surface area is 79.7 Å². The first-order valence-electron chi connectivity index (χ1n) is 4.73. The van der Waals surface area contributed by atoms with Gasteiger partial charge < -0.3 is 4.74 Å². The Balaban J connectivity index is 2.32. The van der Waals surface area contributed by atoms with Crippen LogP contribution in [0, 0.1) is 0 Å². The van der Waals surface area contributed by atoms with Crippen molar-refractivity contribution in [2.45, 2.75) is 32.3 Å². The molecule has 0 saturated carbocycles. The van der Waals surface area contributed by atoms with Crippen molar-refractivity contribution in [1.29, 1.82) is 0 Å². The van der Waals surface area contributed by atoms with Crippen molar-refractivity contribution in [2.24, 2.45) is 0 Å². The Morgan fingerprint density at radius 2 is 2.31 bits per heavy atom. The Bertz CT molecular complexity index is 232. The van der Waals surface area contributed by atoms with Gasteiger partial charge in [0.05, 0.1) is 11.9 Å². The first-order valence-corrected chi connectivity index (χ1v) is 6.38. The maximum Gasteiger partial charge on any atom is 0.214 e. The first kappa shape index (κ1) is 10.9. The normalized spacial score (nSPS) is 23.6. The fourth-order valence-corrected chi connectivity index (χ4v) is 2.72. The summed E-state index contributed by atoms with van der Waals surface area (Å²) in [5.41, 5.74) is 0. The zero-order valence-electron chi connectivity index (χ0n) is 7.95. The molecule has 0 aromatic rings. The van der Waals surface area contributed by atoms with E-state index in [0.29, 0.717) is 13.2 Å². The molecule has 1 N–H and O–H groups in total. The van der Waals surface area contributed by atoms with Crippen molar-refractivity contribution in [2.75, 3.05) is 18.9 Å². The van der Waals surface area contributed by atoms with Crippen LogP contribution in [0.2, 0.25) is 0 Å². The smallest absolute Gasteiger partial charge is 0.214 e. The highest BCUT2D eigenvalue weighted by molar-refractivity contribution is 7.89. The van der Waals surface area contributed by atoms with E-state index in [1.807, 2.05) is 6.92 Å². The lowest BCUT2D eigenvalue weighted by Gasteiger charge is -2.10. The van der Waals surface area contributed by atoms with E-state index < -0.39 is 10.0 Å². The second-order valence-electron chi connectivity index (χ2n) is 3.31. The summed E-state index contributed by atoms with van der Waals surface area (Å²) in [4.78, 5) is 0. The molecule has 1 heterocycles. The summed E-state index contributed by atoms with van der Waals surface area (Å²) in [6.07, 6.45) is 2.58. The van der Waals surface area contributed by atoms with Crippen LogP contribution >= 0.6 is 0 Å². The highest BCUT2D eigenvalue weighted by atomic mass is 32.2. The fraction of sp³-hybridized carbons (Fsp3) is 1.00. The lowest BCUT2D eigenvalue weighted by molar-refractivity contribution is 0.127. The van der Waals surface area contributed by atoms with E-state index in [9.17, 15) is 8.42 Å². The molecule has 1 fully saturated rings. The van der Waals surface area contributed by atoms with E-state index in [2.05, 4.69) is 4.72 Å². The van der Waals surface area contributed by atoms with E-state index in [1.165, 1.54) is 0 Å². The predicted octanol–water partition coefficient (Wildman–Crippen LogP) is 0.495. The van der Waals surface area contributed by atoms with Gasteiger partial charge in [-0.1, -0.05) is 6.92 Å². The molecular formula is C8H17NO3S.